The van der Waals surface area contributed by atoms with Crippen LogP contribution in [0.4, 0.5) is 5.69 Å². The lowest BCUT2D eigenvalue weighted by Crippen LogP contribution is -2.24. The predicted octanol–water partition coefficient (Wildman–Crippen LogP) is 1.15. The van der Waals surface area contributed by atoms with Crippen molar-refractivity contribution in [3.05, 3.63) is 35.9 Å². The number of carbonyl (C=O) groups is 3. The van der Waals surface area contributed by atoms with E-state index in [1.807, 2.05) is 0 Å². The molecule has 1 aromatic carbocycles. The Morgan fingerprint density at radius 3 is 2.38 bits per heavy atom. The summed E-state index contributed by atoms with van der Waals surface area (Å²) in [5.74, 6) is -1.24. The molecule has 0 saturated heterocycles. The molecule has 1 amide bonds. The van der Waals surface area contributed by atoms with E-state index in [-0.39, 0.29) is 30.4 Å². The van der Waals surface area contributed by atoms with Crippen LogP contribution in [-0.2, 0) is 14.4 Å². The van der Waals surface area contributed by atoms with Crippen LogP contribution in [0.2, 0.25) is 0 Å². The van der Waals surface area contributed by atoms with Crippen molar-refractivity contribution >= 4 is 29.4 Å². The van der Waals surface area contributed by atoms with Gasteiger partial charge in [-0.1, -0.05) is 18.2 Å². The van der Waals surface area contributed by atoms with Crippen molar-refractivity contribution in [1.82, 2.24) is 0 Å². The number of hydrogen-bond donors (Lipinski definition) is 1. The molecule has 0 aromatic heterocycles. The number of nitrogens with one attached hydrogen (secondary N) is 1. The Morgan fingerprint density at radius 1 is 1.14 bits per heavy atom. The zero-order chi connectivity index (χ0) is 15.2. The maximum atomic E-state index is 11.5. The number of hydrogen-bond acceptors (Lipinski definition) is 4. The summed E-state index contributed by atoms with van der Waals surface area (Å²) in [6.07, 6.45) is 4.91. The van der Waals surface area contributed by atoms with Crippen LogP contribution in [0.15, 0.2) is 30.3 Å². The van der Waals surface area contributed by atoms with Gasteiger partial charge in [-0.25, -0.2) is 0 Å². The summed E-state index contributed by atoms with van der Waals surface area (Å²) in [4.78, 5) is 33.2. The first kappa shape index (κ1) is 15.0. The molecule has 1 aliphatic rings. The number of rotatable bonds is 7. The standard InChI is InChI=1S/C16H17NO4/c18-14(12-4-5-12)8-3-11-1-6-13(7-2-11)17-15(19)9-10-16(20)21/h1-3,6-8,12H,4-5,9-10H2,(H,17,19)(H,20,21)/p-1/b8-3+. The normalized spacial score (nSPS) is 14.1. The molecule has 21 heavy (non-hydrogen) atoms. The monoisotopic (exact) mass is 286 g/mol. The van der Waals surface area contributed by atoms with Crippen LogP contribution in [0.3, 0.4) is 0 Å². The zero-order valence-electron chi connectivity index (χ0n) is 11.5. The Labute approximate surface area is 122 Å². The fourth-order valence-electron chi connectivity index (χ4n) is 1.80. The molecule has 0 bridgehead atoms. The molecule has 1 aromatic rings. The lowest BCUT2D eigenvalue weighted by molar-refractivity contribution is -0.305. The minimum absolute atomic E-state index is 0.111. The SMILES string of the molecule is O=C([O-])CCC(=O)Nc1ccc(/C=C/C(=O)C2CC2)cc1. The average molecular weight is 286 g/mol. The average Bonchev–Trinajstić information content (AvgIpc) is 3.28. The van der Waals surface area contributed by atoms with Gasteiger partial charge in [0.05, 0.1) is 0 Å². The van der Waals surface area contributed by atoms with Crippen LogP contribution < -0.4 is 10.4 Å². The van der Waals surface area contributed by atoms with E-state index in [1.54, 1.807) is 36.4 Å². The second-order valence-electron chi connectivity index (χ2n) is 5.05. The summed E-state index contributed by atoms with van der Waals surface area (Å²) in [6.45, 7) is 0. The molecule has 1 aliphatic carbocycles. The van der Waals surface area contributed by atoms with Crippen molar-refractivity contribution in [3.8, 4) is 0 Å². The summed E-state index contributed by atoms with van der Waals surface area (Å²) in [7, 11) is 0. The van der Waals surface area contributed by atoms with Gasteiger partial charge in [-0.15, -0.1) is 0 Å². The van der Waals surface area contributed by atoms with Crippen molar-refractivity contribution in [2.24, 2.45) is 5.92 Å². The molecule has 0 unspecified atom stereocenters. The van der Waals surface area contributed by atoms with Crippen LogP contribution in [0.25, 0.3) is 6.08 Å². The zero-order valence-corrected chi connectivity index (χ0v) is 11.5. The Morgan fingerprint density at radius 2 is 1.81 bits per heavy atom. The lowest BCUT2D eigenvalue weighted by atomic mass is 10.1. The molecule has 5 heteroatoms. The van der Waals surface area contributed by atoms with Gasteiger partial charge in [0.2, 0.25) is 5.91 Å². The highest BCUT2D eigenvalue weighted by atomic mass is 16.4. The highest BCUT2D eigenvalue weighted by Gasteiger charge is 2.27. The minimum Gasteiger partial charge on any atom is -0.550 e. The Kier molecular flexibility index (Phi) is 4.87. The third-order valence-electron chi connectivity index (χ3n) is 3.17. The number of aliphatic carboxylic acids is 1. The molecular weight excluding hydrogens is 270 g/mol. The predicted molar refractivity (Wildman–Crippen MR) is 76.1 cm³/mol. The van der Waals surface area contributed by atoms with Crippen molar-refractivity contribution in [2.45, 2.75) is 25.7 Å². The summed E-state index contributed by atoms with van der Waals surface area (Å²) < 4.78 is 0. The fraction of sp³-hybridized carbons (Fsp3) is 0.312. The molecule has 1 fully saturated rings. The first-order chi connectivity index (χ1) is 10.0. The Hall–Kier alpha value is -2.43. The van der Waals surface area contributed by atoms with Gasteiger partial charge in [0.1, 0.15) is 0 Å². The van der Waals surface area contributed by atoms with Crippen molar-refractivity contribution in [3.63, 3.8) is 0 Å². The highest BCUT2D eigenvalue weighted by molar-refractivity contribution is 5.97. The maximum Gasteiger partial charge on any atom is 0.224 e. The molecule has 0 aliphatic heterocycles. The Bertz CT molecular complexity index is 570. The topological polar surface area (TPSA) is 86.3 Å². The van der Waals surface area contributed by atoms with Gasteiger partial charge in [0.25, 0.3) is 0 Å². The van der Waals surface area contributed by atoms with E-state index in [9.17, 15) is 19.5 Å². The molecule has 0 radical (unpaired) electrons. The van der Waals surface area contributed by atoms with Gasteiger partial charge >= 0.3 is 0 Å². The number of carboxylic acid groups (broad SMARTS) is 1. The van der Waals surface area contributed by atoms with Crippen molar-refractivity contribution in [2.75, 3.05) is 5.32 Å². The van der Waals surface area contributed by atoms with E-state index >= 15 is 0 Å². The lowest BCUT2D eigenvalue weighted by Gasteiger charge is -2.06. The van der Waals surface area contributed by atoms with Crippen LogP contribution in [-0.4, -0.2) is 17.7 Å². The molecular formula is C16H16NO4-. The number of allylic oxidation sites excluding steroid dienone is 1. The quantitative estimate of drug-likeness (QED) is 0.762. The molecule has 0 spiro atoms. The second kappa shape index (κ2) is 6.83. The third-order valence-corrected chi connectivity index (χ3v) is 3.17. The number of anilines is 1. The van der Waals surface area contributed by atoms with E-state index in [0.717, 1.165) is 18.4 Å². The van der Waals surface area contributed by atoms with Gasteiger partial charge in [-0.05, 0) is 43.0 Å². The van der Waals surface area contributed by atoms with Gasteiger partial charge in [0.15, 0.2) is 5.78 Å². The summed E-state index contributed by atoms with van der Waals surface area (Å²) in [5, 5.41) is 12.9. The Balaban J connectivity index is 1.85. The molecule has 1 N–H and O–H groups in total. The van der Waals surface area contributed by atoms with Crippen LogP contribution in [0, 0.1) is 5.92 Å². The number of amides is 1. The van der Waals surface area contributed by atoms with E-state index < -0.39 is 5.97 Å². The number of benzene rings is 1. The number of carboxylic acids is 1. The molecule has 110 valence electrons. The van der Waals surface area contributed by atoms with Crippen molar-refractivity contribution in [1.29, 1.82) is 0 Å². The fourth-order valence-corrected chi connectivity index (χ4v) is 1.80. The van der Waals surface area contributed by atoms with E-state index in [0.29, 0.717) is 5.69 Å². The second-order valence-corrected chi connectivity index (χ2v) is 5.05. The third kappa shape index (κ3) is 5.22. The van der Waals surface area contributed by atoms with Crippen molar-refractivity contribution < 1.29 is 19.5 Å². The number of ketones is 1. The van der Waals surface area contributed by atoms with E-state index in [1.165, 1.54) is 0 Å². The molecule has 0 atom stereocenters. The summed E-state index contributed by atoms with van der Waals surface area (Å²) >= 11 is 0. The summed E-state index contributed by atoms with van der Waals surface area (Å²) in [6, 6.07) is 6.98. The minimum atomic E-state index is -1.24. The first-order valence-corrected chi connectivity index (χ1v) is 6.86. The molecule has 0 heterocycles. The van der Waals surface area contributed by atoms with Gasteiger partial charge < -0.3 is 15.2 Å². The van der Waals surface area contributed by atoms with E-state index in [2.05, 4.69) is 5.32 Å². The maximum absolute atomic E-state index is 11.5. The van der Waals surface area contributed by atoms with Gasteiger partial charge in [-0.3, -0.25) is 9.59 Å². The van der Waals surface area contributed by atoms with Gasteiger partial charge in [0, 0.05) is 24.0 Å². The first-order valence-electron chi connectivity index (χ1n) is 6.86. The van der Waals surface area contributed by atoms with Crippen LogP contribution >= 0.6 is 0 Å². The highest BCUT2D eigenvalue weighted by Crippen LogP contribution is 2.30. The van der Waals surface area contributed by atoms with Crippen LogP contribution in [0.1, 0.15) is 31.2 Å². The smallest absolute Gasteiger partial charge is 0.224 e. The molecule has 2 rings (SSSR count). The number of carbonyl (C=O) groups excluding carboxylic acids is 3. The van der Waals surface area contributed by atoms with E-state index in [4.69, 9.17) is 0 Å². The van der Waals surface area contributed by atoms with Gasteiger partial charge in [-0.2, -0.15) is 0 Å². The molecule has 1 saturated carbocycles. The van der Waals surface area contributed by atoms with Crippen LogP contribution in [0.5, 0.6) is 0 Å². The summed E-state index contributed by atoms with van der Waals surface area (Å²) in [5.41, 5.74) is 1.46. The molecule has 5 nitrogen and oxygen atoms in total. The largest absolute Gasteiger partial charge is 0.550 e.